The van der Waals surface area contributed by atoms with Gasteiger partial charge in [-0.2, -0.15) is 4.98 Å². The number of amides is 1. The second-order valence-electron chi connectivity index (χ2n) is 8.09. The van der Waals surface area contributed by atoms with Crippen LogP contribution in [-0.4, -0.2) is 74.2 Å². The topological polar surface area (TPSA) is 105 Å². The molecule has 0 atom stereocenters. The summed E-state index contributed by atoms with van der Waals surface area (Å²) in [6.45, 7) is 5.12. The molecule has 1 aromatic heterocycles. The molecule has 1 amide bonds. The first kappa shape index (κ1) is 26.7. The second kappa shape index (κ2) is 12.2. The van der Waals surface area contributed by atoms with Crippen molar-refractivity contribution in [2.45, 2.75) is 0 Å². The highest BCUT2D eigenvalue weighted by Gasteiger charge is 2.17. The maximum atomic E-state index is 12.2. The minimum atomic E-state index is -0.327. The molecule has 36 heavy (non-hydrogen) atoms. The molecule has 0 bridgehead atoms. The van der Waals surface area contributed by atoms with Crippen LogP contribution in [0.15, 0.2) is 49.3 Å². The lowest BCUT2D eigenvalue weighted by molar-refractivity contribution is -0.111. The highest BCUT2D eigenvalue weighted by Crippen LogP contribution is 2.38. The van der Waals surface area contributed by atoms with Gasteiger partial charge in [-0.1, -0.05) is 18.2 Å². The Kier molecular flexibility index (Phi) is 9.04. The first-order valence-corrected chi connectivity index (χ1v) is 11.4. The van der Waals surface area contributed by atoms with Crippen molar-refractivity contribution in [2.75, 3.05) is 64.0 Å². The monoisotopic (exact) mass is 511 g/mol. The van der Waals surface area contributed by atoms with Gasteiger partial charge in [-0.15, -0.1) is 0 Å². The standard InChI is InChI=1S/C25H30ClN7O3/c1-7-23(34)29-18-13-19(22(36-6)14-20(18)33(4)11-10-32(2)3)30-25-28-15-27-24(31-25)16-8-9-21(35-5)17(26)12-16/h7-9,12-15H,1,10-11H2,2-6H3,(H,29,34)(H,27,28,30,31). The van der Waals surface area contributed by atoms with Crippen LogP contribution in [0, 0.1) is 0 Å². The van der Waals surface area contributed by atoms with Crippen molar-refractivity contribution in [1.82, 2.24) is 19.9 Å². The second-order valence-corrected chi connectivity index (χ2v) is 8.50. The third-order valence-electron chi connectivity index (χ3n) is 5.28. The third-order valence-corrected chi connectivity index (χ3v) is 5.58. The van der Waals surface area contributed by atoms with Gasteiger partial charge in [0, 0.05) is 31.8 Å². The zero-order chi connectivity index (χ0) is 26.2. The number of rotatable bonds is 11. The zero-order valence-corrected chi connectivity index (χ0v) is 21.8. The summed E-state index contributed by atoms with van der Waals surface area (Å²) in [5.41, 5.74) is 2.64. The van der Waals surface area contributed by atoms with Crippen molar-refractivity contribution in [3.8, 4) is 22.9 Å². The fourth-order valence-electron chi connectivity index (χ4n) is 3.33. The van der Waals surface area contributed by atoms with E-state index in [4.69, 9.17) is 21.1 Å². The number of likely N-dealkylation sites (N-methyl/N-ethyl adjacent to an activating group) is 2. The van der Waals surface area contributed by atoms with Crippen LogP contribution in [0.5, 0.6) is 11.5 Å². The number of anilines is 4. The van der Waals surface area contributed by atoms with Crippen molar-refractivity contribution < 1.29 is 14.3 Å². The quantitative estimate of drug-likeness (QED) is 0.368. The molecule has 0 aliphatic rings. The van der Waals surface area contributed by atoms with E-state index in [9.17, 15) is 4.79 Å². The van der Waals surface area contributed by atoms with Crippen LogP contribution in [0.3, 0.4) is 0 Å². The van der Waals surface area contributed by atoms with E-state index in [1.807, 2.05) is 38.2 Å². The Balaban J connectivity index is 1.97. The SMILES string of the molecule is C=CC(=O)Nc1cc(Nc2ncnc(-c3ccc(OC)c(Cl)c3)n2)c(OC)cc1N(C)CCN(C)C. The summed E-state index contributed by atoms with van der Waals surface area (Å²) in [6.07, 6.45) is 2.62. The van der Waals surface area contributed by atoms with Gasteiger partial charge >= 0.3 is 0 Å². The first-order chi connectivity index (χ1) is 17.2. The van der Waals surface area contributed by atoms with E-state index < -0.39 is 0 Å². The van der Waals surface area contributed by atoms with Crippen LogP contribution in [-0.2, 0) is 4.79 Å². The predicted octanol–water partition coefficient (Wildman–Crippen LogP) is 4.08. The number of nitrogens with zero attached hydrogens (tertiary/aromatic N) is 5. The molecule has 2 aromatic carbocycles. The Morgan fingerprint density at radius 1 is 1.06 bits per heavy atom. The van der Waals surface area contributed by atoms with Crippen molar-refractivity contribution >= 4 is 40.5 Å². The van der Waals surface area contributed by atoms with Crippen molar-refractivity contribution in [1.29, 1.82) is 0 Å². The highest BCUT2D eigenvalue weighted by atomic mass is 35.5. The van der Waals surface area contributed by atoms with Crippen molar-refractivity contribution in [2.24, 2.45) is 0 Å². The number of aromatic nitrogens is 3. The molecule has 0 fully saturated rings. The predicted molar refractivity (Wildman–Crippen MR) is 144 cm³/mol. The van der Waals surface area contributed by atoms with E-state index in [1.165, 1.54) is 12.4 Å². The molecule has 1 heterocycles. The summed E-state index contributed by atoms with van der Waals surface area (Å²) < 4.78 is 10.9. The van der Waals surface area contributed by atoms with Crippen LogP contribution < -0.4 is 25.0 Å². The smallest absolute Gasteiger partial charge is 0.247 e. The van der Waals surface area contributed by atoms with Gasteiger partial charge in [0.25, 0.3) is 0 Å². The van der Waals surface area contributed by atoms with E-state index in [2.05, 4.69) is 37.1 Å². The Bertz CT molecular complexity index is 1240. The molecular weight excluding hydrogens is 482 g/mol. The highest BCUT2D eigenvalue weighted by molar-refractivity contribution is 6.32. The van der Waals surface area contributed by atoms with Gasteiger partial charge in [-0.25, -0.2) is 9.97 Å². The minimum Gasteiger partial charge on any atom is -0.495 e. The van der Waals surface area contributed by atoms with Gasteiger partial charge < -0.3 is 29.9 Å². The van der Waals surface area contributed by atoms with Gasteiger partial charge in [0.1, 0.15) is 17.8 Å². The molecule has 0 saturated carbocycles. The molecule has 0 aliphatic heterocycles. The number of nitrogens with one attached hydrogen (secondary N) is 2. The third kappa shape index (κ3) is 6.61. The number of hydrogen-bond donors (Lipinski definition) is 2. The van der Waals surface area contributed by atoms with Crippen LogP contribution in [0.25, 0.3) is 11.4 Å². The Morgan fingerprint density at radius 2 is 1.81 bits per heavy atom. The van der Waals surface area contributed by atoms with Crippen LogP contribution in [0.4, 0.5) is 23.0 Å². The molecule has 0 spiro atoms. The minimum absolute atomic E-state index is 0.292. The number of ether oxygens (including phenoxy) is 2. The number of carbonyl (C=O) groups is 1. The molecule has 10 nitrogen and oxygen atoms in total. The molecule has 2 N–H and O–H groups in total. The molecule has 11 heteroatoms. The molecule has 3 aromatic rings. The maximum absolute atomic E-state index is 12.2. The van der Waals surface area contributed by atoms with Crippen LogP contribution >= 0.6 is 11.6 Å². The molecule has 3 rings (SSSR count). The Labute approximate surface area is 215 Å². The van der Waals surface area contributed by atoms with Crippen molar-refractivity contribution in [3.05, 3.63) is 54.3 Å². The number of carbonyl (C=O) groups excluding carboxylic acids is 1. The first-order valence-electron chi connectivity index (χ1n) is 11.1. The Hall–Kier alpha value is -3.89. The van der Waals surface area contributed by atoms with E-state index in [1.54, 1.807) is 32.4 Å². The average Bonchev–Trinajstić information content (AvgIpc) is 2.87. The zero-order valence-electron chi connectivity index (χ0n) is 21.0. The van der Waals surface area contributed by atoms with Gasteiger partial charge in [0.2, 0.25) is 11.9 Å². The van der Waals surface area contributed by atoms with Gasteiger partial charge in [-0.3, -0.25) is 4.79 Å². The summed E-state index contributed by atoms with van der Waals surface area (Å²) in [5, 5.41) is 6.49. The summed E-state index contributed by atoms with van der Waals surface area (Å²) in [7, 11) is 9.09. The normalized spacial score (nSPS) is 10.6. The summed E-state index contributed by atoms with van der Waals surface area (Å²) in [5.74, 6) is 1.50. The van der Waals surface area contributed by atoms with Gasteiger partial charge in [0.15, 0.2) is 5.82 Å². The lowest BCUT2D eigenvalue weighted by Crippen LogP contribution is -2.29. The molecule has 190 valence electrons. The number of halogens is 1. The van der Waals surface area contributed by atoms with Crippen LogP contribution in [0.2, 0.25) is 5.02 Å². The number of hydrogen-bond acceptors (Lipinski definition) is 9. The fourth-order valence-corrected chi connectivity index (χ4v) is 3.59. The van der Waals surface area contributed by atoms with Gasteiger partial charge in [-0.05, 0) is 44.4 Å². The maximum Gasteiger partial charge on any atom is 0.247 e. The molecular formula is C25H30ClN7O3. The lowest BCUT2D eigenvalue weighted by Gasteiger charge is -2.26. The van der Waals surface area contributed by atoms with E-state index in [0.29, 0.717) is 45.2 Å². The lowest BCUT2D eigenvalue weighted by atomic mass is 10.2. The summed E-state index contributed by atoms with van der Waals surface area (Å²) >= 11 is 6.26. The molecule has 0 unspecified atom stereocenters. The van der Waals surface area contributed by atoms with E-state index in [0.717, 1.165) is 18.8 Å². The van der Waals surface area contributed by atoms with Crippen molar-refractivity contribution in [3.63, 3.8) is 0 Å². The van der Waals surface area contributed by atoms with E-state index >= 15 is 0 Å². The fraction of sp³-hybridized carbons (Fsp3) is 0.280. The van der Waals surface area contributed by atoms with Crippen LogP contribution in [0.1, 0.15) is 0 Å². The van der Waals surface area contributed by atoms with E-state index in [-0.39, 0.29) is 5.91 Å². The Morgan fingerprint density at radius 3 is 2.44 bits per heavy atom. The average molecular weight is 512 g/mol. The van der Waals surface area contributed by atoms with Gasteiger partial charge in [0.05, 0.1) is 36.3 Å². The summed E-state index contributed by atoms with van der Waals surface area (Å²) in [6, 6.07) is 8.90. The number of benzene rings is 2. The molecule has 0 saturated heterocycles. The molecule has 0 radical (unpaired) electrons. The number of methoxy groups -OCH3 is 2. The largest absolute Gasteiger partial charge is 0.495 e. The summed E-state index contributed by atoms with van der Waals surface area (Å²) in [4.78, 5) is 29.3. The molecule has 0 aliphatic carbocycles.